The Morgan fingerprint density at radius 2 is 2.18 bits per heavy atom. The largest absolute Gasteiger partial charge is 0.353 e. The summed E-state index contributed by atoms with van der Waals surface area (Å²) < 4.78 is 28.6. The Balaban J connectivity index is 1.41. The molecule has 1 aliphatic heterocycles. The number of benzene rings is 1. The Morgan fingerprint density at radius 1 is 1.32 bits per heavy atom. The third-order valence-corrected chi connectivity index (χ3v) is 5.76. The number of rotatable bonds is 5. The number of carbonyl (C=O) groups is 1. The predicted molar refractivity (Wildman–Crippen MR) is 105 cm³/mol. The third kappa shape index (κ3) is 3.83. The van der Waals surface area contributed by atoms with Gasteiger partial charge in [0, 0.05) is 29.9 Å². The quantitative estimate of drug-likeness (QED) is 0.696. The molecule has 2 aromatic heterocycles. The summed E-state index contributed by atoms with van der Waals surface area (Å²) in [6, 6.07) is 7.98. The highest BCUT2D eigenvalue weighted by molar-refractivity contribution is 7.14. The van der Waals surface area contributed by atoms with Crippen LogP contribution < -0.4 is 5.32 Å². The van der Waals surface area contributed by atoms with Crippen molar-refractivity contribution in [2.45, 2.75) is 18.9 Å². The van der Waals surface area contributed by atoms with Gasteiger partial charge in [0.2, 0.25) is 5.91 Å². The molecule has 0 aliphatic carbocycles. The van der Waals surface area contributed by atoms with Crippen molar-refractivity contribution >= 4 is 22.4 Å². The Morgan fingerprint density at radius 3 is 2.93 bits per heavy atom. The topological polar surface area (TPSA) is 50.2 Å². The fraction of sp³-hybridized carbons (Fsp3) is 0.300. The minimum Gasteiger partial charge on any atom is -0.353 e. The molecule has 0 saturated carbocycles. The SMILES string of the molecule is Cn1cccc1[C@@H]1CCCN1CC(=O)Nc1nc(-c2ccc(F)c(F)c2)cs1. The van der Waals surface area contributed by atoms with Crippen LogP contribution in [0.5, 0.6) is 0 Å². The van der Waals surface area contributed by atoms with Gasteiger partial charge in [-0.05, 0) is 49.7 Å². The normalized spacial score (nSPS) is 17.2. The molecular formula is C20H20F2N4OS. The molecule has 0 unspecified atom stereocenters. The lowest BCUT2D eigenvalue weighted by Crippen LogP contribution is -2.33. The number of likely N-dealkylation sites (tertiary alicyclic amines) is 1. The maximum absolute atomic E-state index is 13.4. The zero-order valence-electron chi connectivity index (χ0n) is 15.4. The van der Waals surface area contributed by atoms with Gasteiger partial charge >= 0.3 is 0 Å². The van der Waals surface area contributed by atoms with Crippen LogP contribution in [0.3, 0.4) is 0 Å². The maximum atomic E-state index is 13.4. The van der Waals surface area contributed by atoms with Gasteiger partial charge in [-0.1, -0.05) is 0 Å². The lowest BCUT2D eigenvalue weighted by molar-refractivity contribution is -0.117. The van der Waals surface area contributed by atoms with Gasteiger partial charge in [0.25, 0.3) is 0 Å². The van der Waals surface area contributed by atoms with E-state index in [0.717, 1.165) is 31.5 Å². The van der Waals surface area contributed by atoms with E-state index in [9.17, 15) is 13.6 Å². The number of hydrogen-bond acceptors (Lipinski definition) is 4. The highest BCUT2D eigenvalue weighted by Crippen LogP contribution is 2.32. The van der Waals surface area contributed by atoms with Crippen LogP contribution in [0.4, 0.5) is 13.9 Å². The van der Waals surface area contributed by atoms with E-state index in [2.05, 4.69) is 25.8 Å². The summed E-state index contributed by atoms with van der Waals surface area (Å²) in [4.78, 5) is 19.0. The average molecular weight is 402 g/mol. The number of halogens is 2. The second-order valence-electron chi connectivity index (χ2n) is 6.89. The molecule has 1 aliphatic rings. The third-order valence-electron chi connectivity index (χ3n) is 5.00. The molecule has 28 heavy (non-hydrogen) atoms. The summed E-state index contributed by atoms with van der Waals surface area (Å²) in [5.41, 5.74) is 2.18. The Kier molecular flexibility index (Phi) is 5.23. The van der Waals surface area contributed by atoms with E-state index >= 15 is 0 Å². The van der Waals surface area contributed by atoms with Gasteiger partial charge in [-0.15, -0.1) is 11.3 Å². The highest BCUT2D eigenvalue weighted by atomic mass is 32.1. The van der Waals surface area contributed by atoms with Gasteiger partial charge in [-0.3, -0.25) is 9.69 Å². The number of nitrogens with one attached hydrogen (secondary N) is 1. The standard InChI is InChI=1S/C20H20F2N4OS/c1-25-8-2-4-17(25)18-5-3-9-26(18)11-19(27)24-20-23-16(12-28-20)13-6-7-14(21)15(22)10-13/h2,4,6-8,10,12,18H,3,5,9,11H2,1H3,(H,23,24,27)/t18-/m0/s1. The number of amides is 1. The molecule has 3 heterocycles. The molecule has 1 N–H and O–H groups in total. The molecule has 1 saturated heterocycles. The molecule has 0 spiro atoms. The lowest BCUT2D eigenvalue weighted by atomic mass is 10.1. The number of nitrogens with zero attached hydrogens (tertiary/aromatic N) is 3. The fourth-order valence-electron chi connectivity index (χ4n) is 3.63. The molecule has 1 fully saturated rings. The smallest absolute Gasteiger partial charge is 0.240 e. The minimum absolute atomic E-state index is 0.132. The van der Waals surface area contributed by atoms with E-state index in [1.54, 1.807) is 5.38 Å². The number of anilines is 1. The van der Waals surface area contributed by atoms with Crippen molar-refractivity contribution in [1.82, 2.24) is 14.5 Å². The van der Waals surface area contributed by atoms with Gasteiger partial charge in [0.05, 0.1) is 18.3 Å². The van der Waals surface area contributed by atoms with Gasteiger partial charge in [-0.2, -0.15) is 0 Å². The first kappa shape index (κ1) is 18.8. The van der Waals surface area contributed by atoms with Gasteiger partial charge in [0.1, 0.15) is 0 Å². The van der Waals surface area contributed by atoms with E-state index in [1.165, 1.54) is 23.1 Å². The van der Waals surface area contributed by atoms with Crippen molar-refractivity contribution in [3.05, 3.63) is 59.2 Å². The van der Waals surface area contributed by atoms with Crippen molar-refractivity contribution < 1.29 is 13.6 Å². The van der Waals surface area contributed by atoms with E-state index in [1.807, 2.05) is 19.3 Å². The zero-order valence-corrected chi connectivity index (χ0v) is 16.2. The van der Waals surface area contributed by atoms with Crippen LogP contribution >= 0.6 is 11.3 Å². The maximum Gasteiger partial charge on any atom is 0.240 e. The molecule has 4 rings (SSSR count). The van der Waals surface area contributed by atoms with Gasteiger partial charge in [-0.25, -0.2) is 13.8 Å². The first-order valence-electron chi connectivity index (χ1n) is 9.07. The Bertz CT molecular complexity index is 1000. The first-order chi connectivity index (χ1) is 13.5. The second-order valence-corrected chi connectivity index (χ2v) is 7.75. The van der Waals surface area contributed by atoms with Crippen molar-refractivity contribution in [3.8, 4) is 11.3 Å². The van der Waals surface area contributed by atoms with Crippen molar-refractivity contribution in [3.63, 3.8) is 0 Å². The fourth-order valence-corrected chi connectivity index (χ4v) is 4.37. The summed E-state index contributed by atoms with van der Waals surface area (Å²) in [5, 5.41) is 4.97. The summed E-state index contributed by atoms with van der Waals surface area (Å²) in [5.74, 6) is -1.95. The summed E-state index contributed by atoms with van der Waals surface area (Å²) in [7, 11) is 2.02. The minimum atomic E-state index is -0.920. The second kappa shape index (κ2) is 7.81. The number of aryl methyl sites for hydroxylation is 1. The molecule has 0 bridgehead atoms. The number of carbonyl (C=O) groups excluding carboxylic acids is 1. The van der Waals surface area contributed by atoms with E-state index in [4.69, 9.17) is 0 Å². The number of aromatic nitrogens is 2. The zero-order chi connectivity index (χ0) is 19.7. The van der Waals surface area contributed by atoms with Crippen LogP contribution in [0, 0.1) is 11.6 Å². The van der Waals surface area contributed by atoms with Crippen molar-refractivity contribution in [1.29, 1.82) is 0 Å². The van der Waals surface area contributed by atoms with Crippen LogP contribution in [0.15, 0.2) is 41.9 Å². The number of thiazole rings is 1. The van der Waals surface area contributed by atoms with Crippen LogP contribution in [0.2, 0.25) is 0 Å². The van der Waals surface area contributed by atoms with Crippen LogP contribution in [-0.4, -0.2) is 33.4 Å². The molecule has 1 aromatic carbocycles. The monoisotopic (exact) mass is 402 g/mol. The molecule has 146 valence electrons. The molecule has 5 nitrogen and oxygen atoms in total. The molecule has 3 aromatic rings. The molecule has 1 atom stereocenters. The Hall–Kier alpha value is -2.58. The van der Waals surface area contributed by atoms with Crippen molar-refractivity contribution in [2.75, 3.05) is 18.4 Å². The summed E-state index contributed by atoms with van der Waals surface area (Å²) in [6.45, 7) is 1.16. The summed E-state index contributed by atoms with van der Waals surface area (Å²) in [6.07, 6.45) is 4.10. The number of hydrogen-bond donors (Lipinski definition) is 1. The molecule has 8 heteroatoms. The van der Waals surface area contributed by atoms with E-state index < -0.39 is 11.6 Å². The Labute approximate surface area is 165 Å². The van der Waals surface area contributed by atoms with Gasteiger partial charge in [0.15, 0.2) is 16.8 Å². The predicted octanol–water partition coefficient (Wildman–Crippen LogP) is 4.20. The average Bonchev–Trinajstić information content (AvgIpc) is 3.39. The molecular weight excluding hydrogens is 382 g/mol. The van der Waals surface area contributed by atoms with Crippen molar-refractivity contribution in [2.24, 2.45) is 7.05 Å². The highest BCUT2D eigenvalue weighted by Gasteiger charge is 2.29. The molecule has 1 amide bonds. The first-order valence-corrected chi connectivity index (χ1v) is 9.95. The van der Waals surface area contributed by atoms with Gasteiger partial charge < -0.3 is 9.88 Å². The lowest BCUT2D eigenvalue weighted by Gasteiger charge is -2.24. The van der Waals surface area contributed by atoms with E-state index in [0.29, 0.717) is 16.4 Å². The van der Waals surface area contributed by atoms with E-state index in [-0.39, 0.29) is 18.5 Å². The van der Waals surface area contributed by atoms with Crippen LogP contribution in [0.1, 0.15) is 24.6 Å². The summed E-state index contributed by atoms with van der Waals surface area (Å²) >= 11 is 1.26. The van der Waals surface area contributed by atoms with Crippen LogP contribution in [-0.2, 0) is 11.8 Å². The molecule has 0 radical (unpaired) electrons. The van der Waals surface area contributed by atoms with Crippen LogP contribution in [0.25, 0.3) is 11.3 Å².